The molecule has 14 heavy (non-hydrogen) atoms. The number of nitrogens with two attached hydrogens (primary N) is 1. The molecule has 76 valence electrons. The minimum atomic E-state index is -4.39. The lowest BCUT2D eigenvalue weighted by molar-refractivity contribution is -0.107. The monoisotopic (exact) mass is 215 g/mol. The number of hydrogen-bond acceptors (Lipinski definition) is 4. The fraction of sp³-hybridized carbons (Fsp3) is 0.125. The van der Waals surface area contributed by atoms with Crippen molar-refractivity contribution in [3.63, 3.8) is 0 Å². The van der Waals surface area contributed by atoms with E-state index in [2.05, 4.69) is 0 Å². The molecule has 0 spiro atoms. The first-order chi connectivity index (χ1) is 6.45. The standard InChI is InChI=1S/C8H9NO4S/c9-7-3-1-6(2-4-7)8(5-10)14(11,12)13/h1-5,8H,9H2,(H,11,12,13). The number of hydrogen-bond donors (Lipinski definition) is 2. The van der Waals surface area contributed by atoms with Crippen molar-refractivity contribution in [2.45, 2.75) is 5.25 Å². The molecule has 0 amide bonds. The van der Waals surface area contributed by atoms with Crippen molar-refractivity contribution in [1.29, 1.82) is 0 Å². The molecule has 0 fully saturated rings. The SMILES string of the molecule is Nc1ccc(C(C=O)S(=O)(=O)O)cc1. The zero-order chi connectivity index (χ0) is 10.8. The van der Waals surface area contributed by atoms with Gasteiger partial charge in [-0.25, -0.2) is 0 Å². The second kappa shape index (κ2) is 3.77. The van der Waals surface area contributed by atoms with Gasteiger partial charge in [0.2, 0.25) is 0 Å². The van der Waals surface area contributed by atoms with E-state index in [4.69, 9.17) is 10.3 Å². The molecule has 0 heterocycles. The predicted octanol–water partition coefficient (Wildman–Crippen LogP) is 0.397. The molecule has 1 atom stereocenters. The van der Waals surface area contributed by atoms with Crippen LogP contribution >= 0.6 is 0 Å². The third-order valence-corrected chi connectivity index (χ3v) is 2.73. The van der Waals surface area contributed by atoms with E-state index in [1.54, 1.807) is 0 Å². The normalized spacial score (nSPS) is 13.5. The van der Waals surface area contributed by atoms with Gasteiger partial charge in [-0.05, 0) is 17.7 Å². The van der Waals surface area contributed by atoms with Crippen LogP contribution in [0.15, 0.2) is 24.3 Å². The van der Waals surface area contributed by atoms with Gasteiger partial charge in [-0.2, -0.15) is 8.42 Å². The highest BCUT2D eigenvalue weighted by Crippen LogP contribution is 2.19. The summed E-state index contributed by atoms with van der Waals surface area (Å²) in [5.74, 6) is 0. The fourth-order valence-corrected chi connectivity index (χ4v) is 1.65. The summed E-state index contributed by atoms with van der Waals surface area (Å²) < 4.78 is 30.2. The predicted molar refractivity (Wildman–Crippen MR) is 51.2 cm³/mol. The van der Waals surface area contributed by atoms with E-state index in [-0.39, 0.29) is 11.8 Å². The van der Waals surface area contributed by atoms with Crippen LogP contribution in [0.4, 0.5) is 5.69 Å². The molecular formula is C8H9NO4S. The molecule has 3 N–H and O–H groups in total. The van der Waals surface area contributed by atoms with Crippen molar-refractivity contribution in [3.8, 4) is 0 Å². The van der Waals surface area contributed by atoms with Crippen LogP contribution in [0, 0.1) is 0 Å². The van der Waals surface area contributed by atoms with Gasteiger partial charge in [0.25, 0.3) is 10.1 Å². The van der Waals surface area contributed by atoms with Crippen LogP contribution < -0.4 is 5.73 Å². The van der Waals surface area contributed by atoms with Crippen LogP contribution in [0.25, 0.3) is 0 Å². The molecule has 0 radical (unpaired) electrons. The van der Waals surface area contributed by atoms with Gasteiger partial charge in [0, 0.05) is 5.69 Å². The summed E-state index contributed by atoms with van der Waals surface area (Å²) in [5, 5.41) is -1.54. The minimum absolute atomic E-state index is 0.168. The van der Waals surface area contributed by atoms with Gasteiger partial charge >= 0.3 is 0 Å². The largest absolute Gasteiger partial charge is 0.399 e. The number of rotatable bonds is 3. The smallest absolute Gasteiger partial charge is 0.278 e. The highest BCUT2D eigenvalue weighted by Gasteiger charge is 2.23. The number of carbonyl (C=O) groups excluding carboxylic acids is 1. The minimum Gasteiger partial charge on any atom is -0.399 e. The Hall–Kier alpha value is -1.40. The molecule has 5 nitrogen and oxygen atoms in total. The first kappa shape index (κ1) is 10.7. The summed E-state index contributed by atoms with van der Waals surface area (Å²) in [5.41, 5.74) is 6.02. The lowest BCUT2D eigenvalue weighted by atomic mass is 10.1. The van der Waals surface area contributed by atoms with E-state index in [1.165, 1.54) is 24.3 Å². The molecule has 1 unspecified atom stereocenters. The van der Waals surface area contributed by atoms with Gasteiger partial charge in [-0.15, -0.1) is 0 Å². The van der Waals surface area contributed by atoms with Crippen LogP contribution in [-0.2, 0) is 14.9 Å². The average molecular weight is 215 g/mol. The summed E-state index contributed by atoms with van der Waals surface area (Å²) in [7, 11) is -4.39. The Balaban J connectivity index is 3.15. The highest BCUT2D eigenvalue weighted by atomic mass is 32.2. The second-order valence-corrected chi connectivity index (χ2v) is 4.28. The maximum absolute atomic E-state index is 10.7. The van der Waals surface area contributed by atoms with Gasteiger partial charge in [0.05, 0.1) is 0 Å². The summed E-state index contributed by atoms with van der Waals surface area (Å²) in [6.45, 7) is 0. The highest BCUT2D eigenvalue weighted by molar-refractivity contribution is 7.86. The van der Waals surface area contributed by atoms with E-state index in [9.17, 15) is 13.2 Å². The Kier molecular flexibility index (Phi) is 2.87. The summed E-state index contributed by atoms with van der Waals surface area (Å²) in [6, 6.07) is 5.67. The van der Waals surface area contributed by atoms with Gasteiger partial charge in [0.15, 0.2) is 5.25 Å². The Labute approximate surface area is 81.3 Å². The van der Waals surface area contributed by atoms with Crippen molar-refractivity contribution in [2.75, 3.05) is 5.73 Å². The molecule has 0 aromatic heterocycles. The summed E-state index contributed by atoms with van der Waals surface area (Å²) in [4.78, 5) is 10.5. The quantitative estimate of drug-likeness (QED) is 0.432. The van der Waals surface area contributed by atoms with Crippen molar-refractivity contribution in [3.05, 3.63) is 29.8 Å². The molecule has 1 aromatic rings. The number of aldehydes is 1. The molecule has 0 saturated carbocycles. The summed E-state index contributed by atoms with van der Waals surface area (Å²) in [6.07, 6.45) is 0.168. The van der Waals surface area contributed by atoms with E-state index in [0.29, 0.717) is 5.69 Å². The van der Waals surface area contributed by atoms with E-state index in [0.717, 1.165) is 0 Å². The Morgan fingerprint density at radius 1 is 1.29 bits per heavy atom. The third-order valence-electron chi connectivity index (χ3n) is 1.71. The topological polar surface area (TPSA) is 97.5 Å². The number of anilines is 1. The van der Waals surface area contributed by atoms with Gasteiger partial charge in [0.1, 0.15) is 6.29 Å². The third kappa shape index (κ3) is 2.30. The number of carbonyl (C=O) groups is 1. The number of benzene rings is 1. The van der Waals surface area contributed by atoms with Crippen LogP contribution in [0.5, 0.6) is 0 Å². The zero-order valence-corrected chi connectivity index (χ0v) is 7.94. The van der Waals surface area contributed by atoms with Gasteiger partial charge < -0.3 is 10.5 Å². The molecule has 0 aliphatic rings. The van der Waals surface area contributed by atoms with Crippen LogP contribution in [0.1, 0.15) is 10.8 Å². The molecule has 0 aliphatic heterocycles. The zero-order valence-electron chi connectivity index (χ0n) is 7.12. The van der Waals surface area contributed by atoms with Gasteiger partial charge in [-0.1, -0.05) is 12.1 Å². The Morgan fingerprint density at radius 2 is 1.79 bits per heavy atom. The van der Waals surface area contributed by atoms with Gasteiger partial charge in [-0.3, -0.25) is 4.55 Å². The van der Waals surface area contributed by atoms with E-state index in [1.807, 2.05) is 0 Å². The molecule has 6 heteroatoms. The van der Waals surface area contributed by atoms with Crippen molar-refractivity contribution in [2.24, 2.45) is 0 Å². The second-order valence-electron chi connectivity index (χ2n) is 2.74. The maximum Gasteiger partial charge on any atom is 0.278 e. The average Bonchev–Trinajstić information content (AvgIpc) is 2.07. The molecule has 1 rings (SSSR count). The van der Waals surface area contributed by atoms with E-state index >= 15 is 0 Å². The Bertz CT molecular complexity index is 423. The lowest BCUT2D eigenvalue weighted by Crippen LogP contribution is -2.13. The first-order valence-corrected chi connectivity index (χ1v) is 5.22. The van der Waals surface area contributed by atoms with E-state index < -0.39 is 15.4 Å². The van der Waals surface area contributed by atoms with Crippen LogP contribution in [0.2, 0.25) is 0 Å². The molecule has 0 aliphatic carbocycles. The maximum atomic E-state index is 10.7. The molecule has 0 bridgehead atoms. The fourth-order valence-electron chi connectivity index (χ4n) is 1.01. The lowest BCUT2D eigenvalue weighted by Gasteiger charge is -2.06. The number of nitrogen functional groups attached to an aromatic ring is 1. The molecular weight excluding hydrogens is 206 g/mol. The van der Waals surface area contributed by atoms with Crippen LogP contribution in [0.3, 0.4) is 0 Å². The summed E-state index contributed by atoms with van der Waals surface area (Å²) >= 11 is 0. The Morgan fingerprint density at radius 3 is 2.14 bits per heavy atom. The van der Waals surface area contributed by atoms with Crippen molar-refractivity contribution < 1.29 is 17.8 Å². The first-order valence-electron chi connectivity index (χ1n) is 3.72. The van der Waals surface area contributed by atoms with Crippen molar-refractivity contribution in [1.82, 2.24) is 0 Å². The van der Waals surface area contributed by atoms with Crippen LogP contribution in [-0.4, -0.2) is 19.3 Å². The van der Waals surface area contributed by atoms with Crippen molar-refractivity contribution >= 4 is 22.1 Å². The molecule has 0 saturated heterocycles. The molecule has 1 aromatic carbocycles.